The predicted molar refractivity (Wildman–Crippen MR) is 44.7 cm³/mol. The van der Waals surface area contributed by atoms with Crippen LogP contribution in [0.2, 0.25) is 0 Å². The minimum atomic E-state index is -1.87. The van der Waals surface area contributed by atoms with Crippen molar-refractivity contribution >= 4 is 0 Å². The van der Waals surface area contributed by atoms with E-state index in [4.69, 9.17) is 0 Å². The summed E-state index contributed by atoms with van der Waals surface area (Å²) in [6.07, 6.45) is -3.15. The van der Waals surface area contributed by atoms with Gasteiger partial charge in [0.15, 0.2) is 6.17 Å². The number of rotatable bonds is 0. The van der Waals surface area contributed by atoms with E-state index >= 15 is 0 Å². The summed E-state index contributed by atoms with van der Waals surface area (Å²) in [6, 6.07) is 0. The molecule has 0 heterocycles. The first kappa shape index (κ1) is 9.35. The van der Waals surface area contributed by atoms with Gasteiger partial charge >= 0.3 is 0 Å². The van der Waals surface area contributed by atoms with Gasteiger partial charge in [0.05, 0.1) is 0 Å². The van der Waals surface area contributed by atoms with Crippen molar-refractivity contribution in [2.24, 2.45) is 17.8 Å². The lowest BCUT2D eigenvalue weighted by molar-refractivity contribution is -0.0153. The van der Waals surface area contributed by atoms with Crippen LogP contribution in [0, 0.1) is 17.8 Å². The summed E-state index contributed by atoms with van der Waals surface area (Å²) in [4.78, 5) is 0. The van der Waals surface area contributed by atoms with E-state index in [-0.39, 0.29) is 18.3 Å². The topological polar surface area (TPSA) is 0 Å². The molecule has 0 N–H and O–H groups in total. The van der Waals surface area contributed by atoms with Crippen LogP contribution < -0.4 is 0 Å². The molecule has 76 valence electrons. The van der Waals surface area contributed by atoms with Gasteiger partial charge in [-0.05, 0) is 37.0 Å². The Kier molecular flexibility index (Phi) is 2.28. The molecule has 2 aliphatic rings. The summed E-state index contributed by atoms with van der Waals surface area (Å²) in [5, 5.41) is 0. The molecule has 0 bridgehead atoms. The first-order chi connectivity index (χ1) is 6.09. The Morgan fingerprint density at radius 3 is 2.31 bits per heavy atom. The van der Waals surface area contributed by atoms with Crippen LogP contribution in [0.15, 0.2) is 0 Å². The maximum absolute atomic E-state index is 13.3. The van der Waals surface area contributed by atoms with Crippen molar-refractivity contribution in [1.82, 2.24) is 0 Å². The normalized spacial score (nSPS) is 56.3. The van der Waals surface area contributed by atoms with Crippen molar-refractivity contribution in [2.75, 3.05) is 0 Å². The lowest BCUT2D eigenvalue weighted by atomic mass is 9.78. The molecule has 2 fully saturated rings. The number of alkyl halides is 3. The van der Waals surface area contributed by atoms with Crippen LogP contribution in [0.3, 0.4) is 0 Å². The second-order valence-corrected chi connectivity index (χ2v) is 4.64. The van der Waals surface area contributed by atoms with Gasteiger partial charge in [-0.3, -0.25) is 0 Å². The van der Waals surface area contributed by atoms with Crippen LogP contribution in [-0.2, 0) is 0 Å². The Labute approximate surface area is 76.5 Å². The molecule has 3 heteroatoms. The summed E-state index contributed by atoms with van der Waals surface area (Å²) in [7, 11) is 0. The highest BCUT2D eigenvalue weighted by molar-refractivity contribution is 4.97. The molecule has 0 radical (unpaired) electrons. The monoisotopic (exact) mass is 192 g/mol. The highest BCUT2D eigenvalue weighted by Gasteiger charge is 2.49. The maximum atomic E-state index is 13.3. The Morgan fingerprint density at radius 2 is 1.62 bits per heavy atom. The van der Waals surface area contributed by atoms with E-state index < -0.39 is 18.5 Å². The van der Waals surface area contributed by atoms with Crippen molar-refractivity contribution in [3.8, 4) is 0 Å². The van der Waals surface area contributed by atoms with Crippen molar-refractivity contribution in [1.29, 1.82) is 0 Å². The Morgan fingerprint density at radius 1 is 0.923 bits per heavy atom. The summed E-state index contributed by atoms with van der Waals surface area (Å²) in [5.41, 5.74) is 0. The van der Waals surface area contributed by atoms with Gasteiger partial charge in [-0.25, -0.2) is 13.2 Å². The lowest BCUT2D eigenvalue weighted by Gasteiger charge is -2.33. The Hall–Kier alpha value is -0.210. The molecule has 0 aromatic rings. The van der Waals surface area contributed by atoms with Gasteiger partial charge in [0.1, 0.15) is 12.3 Å². The second kappa shape index (κ2) is 3.18. The van der Waals surface area contributed by atoms with Gasteiger partial charge < -0.3 is 0 Å². The fraction of sp³-hybridized carbons (Fsp3) is 1.00. The predicted octanol–water partition coefficient (Wildman–Crippen LogP) is 3.07. The highest BCUT2D eigenvalue weighted by Crippen LogP contribution is 2.47. The molecular weight excluding hydrogens is 177 g/mol. The first-order valence-corrected chi connectivity index (χ1v) is 5.01. The Balaban J connectivity index is 2.11. The summed E-state index contributed by atoms with van der Waals surface area (Å²) in [6.45, 7) is 2.03. The first-order valence-electron chi connectivity index (χ1n) is 5.01. The van der Waals surface area contributed by atoms with Crippen LogP contribution in [0.1, 0.15) is 26.2 Å². The van der Waals surface area contributed by atoms with Crippen LogP contribution >= 0.6 is 0 Å². The average Bonchev–Trinajstić information content (AvgIpc) is 2.42. The summed E-state index contributed by atoms with van der Waals surface area (Å²) in [5.74, 6) is 0.315. The summed E-state index contributed by atoms with van der Waals surface area (Å²) >= 11 is 0. The lowest BCUT2D eigenvalue weighted by Crippen LogP contribution is -2.42. The third-order valence-corrected chi connectivity index (χ3v) is 3.57. The zero-order valence-corrected chi connectivity index (χ0v) is 7.72. The van der Waals surface area contributed by atoms with Crippen LogP contribution in [0.25, 0.3) is 0 Å². The molecule has 2 rings (SSSR count). The highest BCUT2D eigenvalue weighted by atomic mass is 19.2. The minimum absolute atomic E-state index is 0.0898. The summed E-state index contributed by atoms with van der Waals surface area (Å²) < 4.78 is 39.3. The number of hydrogen-bond acceptors (Lipinski definition) is 0. The van der Waals surface area contributed by atoms with E-state index in [1.807, 2.05) is 6.92 Å². The van der Waals surface area contributed by atoms with Gasteiger partial charge in [0, 0.05) is 0 Å². The molecule has 0 nitrogen and oxygen atoms in total. The van der Waals surface area contributed by atoms with E-state index in [1.165, 1.54) is 0 Å². The standard InChI is InChI=1S/C10H15F3/c1-5-2-6-4-8(11)10(13)9(12)7(6)3-5/h5-10H,2-4H2,1H3. The van der Waals surface area contributed by atoms with Crippen molar-refractivity contribution < 1.29 is 13.2 Å². The van der Waals surface area contributed by atoms with Gasteiger partial charge in [-0.15, -0.1) is 0 Å². The molecule has 6 unspecified atom stereocenters. The maximum Gasteiger partial charge on any atom is 0.162 e. The van der Waals surface area contributed by atoms with E-state index in [1.54, 1.807) is 0 Å². The average molecular weight is 192 g/mol. The number of halogens is 3. The quantitative estimate of drug-likeness (QED) is 0.553. The molecule has 0 amide bonds. The fourth-order valence-corrected chi connectivity index (χ4v) is 2.96. The molecule has 2 aliphatic carbocycles. The van der Waals surface area contributed by atoms with Crippen LogP contribution in [0.4, 0.5) is 13.2 Å². The molecule has 0 aromatic heterocycles. The number of fused-ring (bicyclic) bond motifs is 1. The zero-order valence-electron chi connectivity index (χ0n) is 7.72. The van der Waals surface area contributed by atoms with Crippen molar-refractivity contribution in [3.63, 3.8) is 0 Å². The smallest absolute Gasteiger partial charge is 0.162 e. The molecule has 13 heavy (non-hydrogen) atoms. The molecular formula is C10H15F3. The SMILES string of the molecule is CC1CC2CC(F)C(F)C(F)C2C1. The van der Waals surface area contributed by atoms with E-state index in [2.05, 4.69) is 0 Å². The van der Waals surface area contributed by atoms with Crippen LogP contribution in [0.5, 0.6) is 0 Å². The minimum Gasteiger partial charge on any atom is -0.244 e. The van der Waals surface area contributed by atoms with E-state index in [9.17, 15) is 13.2 Å². The van der Waals surface area contributed by atoms with Crippen molar-refractivity contribution in [2.45, 2.75) is 44.7 Å². The largest absolute Gasteiger partial charge is 0.244 e. The molecule has 0 aromatic carbocycles. The van der Waals surface area contributed by atoms with Gasteiger partial charge in [0.25, 0.3) is 0 Å². The van der Waals surface area contributed by atoms with E-state index in [0.29, 0.717) is 5.92 Å². The second-order valence-electron chi connectivity index (χ2n) is 4.64. The van der Waals surface area contributed by atoms with Gasteiger partial charge in [-0.2, -0.15) is 0 Å². The van der Waals surface area contributed by atoms with Gasteiger partial charge in [0.2, 0.25) is 0 Å². The third-order valence-electron chi connectivity index (χ3n) is 3.57. The molecule has 0 saturated heterocycles. The number of hydrogen-bond donors (Lipinski definition) is 0. The zero-order chi connectivity index (χ0) is 9.59. The molecule has 0 aliphatic heterocycles. The van der Waals surface area contributed by atoms with E-state index in [0.717, 1.165) is 12.8 Å². The fourth-order valence-electron chi connectivity index (χ4n) is 2.96. The molecule has 0 spiro atoms. The third kappa shape index (κ3) is 1.46. The van der Waals surface area contributed by atoms with Crippen LogP contribution in [-0.4, -0.2) is 18.5 Å². The van der Waals surface area contributed by atoms with Gasteiger partial charge in [-0.1, -0.05) is 6.92 Å². The van der Waals surface area contributed by atoms with Crippen molar-refractivity contribution in [3.05, 3.63) is 0 Å². The molecule has 2 saturated carbocycles. The Bertz CT molecular complexity index is 193. The molecule has 6 atom stereocenters.